The average Bonchev–Trinajstić information content (AvgIpc) is 2.70. The third kappa shape index (κ3) is 4.01. The van der Waals surface area contributed by atoms with Gasteiger partial charge in [0.2, 0.25) is 0 Å². The Morgan fingerprint density at radius 2 is 1.57 bits per heavy atom. The minimum Gasteiger partial charge on any atom is -0.481 e. The van der Waals surface area contributed by atoms with Crippen molar-refractivity contribution in [2.75, 3.05) is 19.8 Å². The van der Waals surface area contributed by atoms with Crippen molar-refractivity contribution in [3.05, 3.63) is 59.4 Å². The molecular formula is C20H18F3NO4. The number of benzene rings is 2. The molecule has 28 heavy (non-hydrogen) atoms. The number of carbonyl (C=O) groups excluding carboxylic acids is 1. The number of carboxylic acid groups (broad SMARTS) is 1. The van der Waals surface area contributed by atoms with Crippen molar-refractivity contribution in [3.63, 3.8) is 0 Å². The first-order valence-corrected chi connectivity index (χ1v) is 8.67. The number of amides is 1. The molecule has 0 bridgehead atoms. The van der Waals surface area contributed by atoms with Gasteiger partial charge >= 0.3 is 5.97 Å². The maximum absolute atomic E-state index is 13.4. The molecule has 1 fully saturated rings. The number of ether oxygens (including phenoxy) is 1. The number of halogens is 3. The maximum atomic E-state index is 13.4. The number of nitrogens with one attached hydrogen (secondary N) is 1. The van der Waals surface area contributed by atoms with E-state index in [1.165, 1.54) is 24.3 Å². The van der Waals surface area contributed by atoms with Crippen LogP contribution >= 0.6 is 0 Å². The molecule has 0 saturated carbocycles. The maximum Gasteiger partial charge on any atom is 0.311 e. The Balaban J connectivity index is 1.71. The molecule has 1 aliphatic heterocycles. The molecule has 148 valence electrons. The molecule has 1 amide bonds. The van der Waals surface area contributed by atoms with E-state index < -0.39 is 34.7 Å². The number of carbonyl (C=O) groups is 2. The van der Waals surface area contributed by atoms with Crippen LogP contribution in [0.4, 0.5) is 13.2 Å². The van der Waals surface area contributed by atoms with Crippen LogP contribution in [0.5, 0.6) is 0 Å². The minimum absolute atomic E-state index is 0.0271. The van der Waals surface area contributed by atoms with E-state index in [0.717, 1.165) is 12.1 Å². The molecule has 8 heteroatoms. The molecule has 0 aromatic heterocycles. The Kier molecular flexibility index (Phi) is 5.69. The Morgan fingerprint density at radius 1 is 1.00 bits per heavy atom. The highest BCUT2D eigenvalue weighted by Gasteiger charge is 2.40. The molecule has 2 aromatic rings. The summed E-state index contributed by atoms with van der Waals surface area (Å²) in [5.41, 5.74) is -0.257. The van der Waals surface area contributed by atoms with Crippen LogP contribution in [0.1, 0.15) is 23.2 Å². The molecule has 5 nitrogen and oxygen atoms in total. The topological polar surface area (TPSA) is 75.6 Å². The zero-order chi connectivity index (χ0) is 20.3. The van der Waals surface area contributed by atoms with Crippen LogP contribution in [-0.4, -0.2) is 36.7 Å². The monoisotopic (exact) mass is 393 g/mol. The SMILES string of the molecule is O=C(NCC1(C(=O)O)CCOCC1)c1ccc(-c2cc(F)c(F)c(F)c2)cc1. The minimum atomic E-state index is -1.54. The molecule has 0 atom stereocenters. The molecule has 2 aromatic carbocycles. The number of carboxylic acids is 1. The van der Waals surface area contributed by atoms with Gasteiger partial charge in [0.25, 0.3) is 5.91 Å². The highest BCUT2D eigenvalue weighted by atomic mass is 19.2. The van der Waals surface area contributed by atoms with Gasteiger partial charge in [-0.25, -0.2) is 13.2 Å². The van der Waals surface area contributed by atoms with Gasteiger partial charge in [0.05, 0.1) is 5.41 Å². The molecule has 0 radical (unpaired) electrons. The predicted octanol–water partition coefficient (Wildman–Crippen LogP) is 3.38. The molecule has 1 aliphatic rings. The van der Waals surface area contributed by atoms with Crippen LogP contribution in [0.15, 0.2) is 36.4 Å². The smallest absolute Gasteiger partial charge is 0.311 e. The number of rotatable bonds is 5. The standard InChI is InChI=1S/C20H18F3NO4/c21-15-9-14(10-16(22)17(15)23)12-1-3-13(4-2-12)18(25)24-11-20(19(26)27)5-7-28-8-6-20/h1-4,9-10H,5-8,11H2,(H,24,25)(H,26,27). The Labute approximate surface area is 159 Å². The third-order valence-corrected chi connectivity index (χ3v) is 4.96. The van der Waals surface area contributed by atoms with Gasteiger partial charge in [0.1, 0.15) is 0 Å². The van der Waals surface area contributed by atoms with Crippen molar-refractivity contribution in [2.24, 2.45) is 5.41 Å². The van der Waals surface area contributed by atoms with E-state index in [2.05, 4.69) is 5.32 Å². The first-order valence-electron chi connectivity index (χ1n) is 8.67. The highest BCUT2D eigenvalue weighted by molar-refractivity contribution is 5.95. The quantitative estimate of drug-likeness (QED) is 0.764. The van der Waals surface area contributed by atoms with Crippen LogP contribution < -0.4 is 5.32 Å². The van der Waals surface area contributed by atoms with Crippen LogP contribution in [0.3, 0.4) is 0 Å². The Morgan fingerprint density at radius 3 is 2.11 bits per heavy atom. The fourth-order valence-corrected chi connectivity index (χ4v) is 3.12. The Bertz CT molecular complexity index is 870. The fraction of sp³-hybridized carbons (Fsp3) is 0.300. The first kappa shape index (κ1) is 19.9. The first-order chi connectivity index (χ1) is 13.3. The average molecular weight is 393 g/mol. The van der Waals surface area contributed by atoms with E-state index in [9.17, 15) is 27.9 Å². The summed E-state index contributed by atoms with van der Waals surface area (Å²) in [4.78, 5) is 24.0. The zero-order valence-corrected chi connectivity index (χ0v) is 14.8. The summed E-state index contributed by atoms with van der Waals surface area (Å²) in [6.45, 7) is 0.615. The van der Waals surface area contributed by atoms with E-state index in [0.29, 0.717) is 31.6 Å². The molecule has 0 unspecified atom stereocenters. The summed E-state index contributed by atoms with van der Waals surface area (Å²) in [6.07, 6.45) is 0.618. The van der Waals surface area contributed by atoms with Crippen molar-refractivity contribution >= 4 is 11.9 Å². The van der Waals surface area contributed by atoms with Gasteiger partial charge in [-0.15, -0.1) is 0 Å². The number of aliphatic carboxylic acids is 1. The fourth-order valence-electron chi connectivity index (χ4n) is 3.12. The summed E-state index contributed by atoms with van der Waals surface area (Å²) in [5.74, 6) is -5.58. The van der Waals surface area contributed by atoms with Crippen LogP contribution in [0.25, 0.3) is 11.1 Å². The van der Waals surface area contributed by atoms with Gasteiger partial charge in [-0.1, -0.05) is 12.1 Å². The van der Waals surface area contributed by atoms with E-state index in [4.69, 9.17) is 4.74 Å². The normalized spacial score (nSPS) is 15.8. The van der Waals surface area contributed by atoms with Crippen LogP contribution in [0.2, 0.25) is 0 Å². The Hall–Kier alpha value is -2.87. The van der Waals surface area contributed by atoms with Gasteiger partial charge < -0.3 is 15.2 Å². The molecule has 3 rings (SSSR count). The van der Waals surface area contributed by atoms with Crippen molar-refractivity contribution < 1.29 is 32.6 Å². The van der Waals surface area contributed by atoms with Crippen molar-refractivity contribution in [1.29, 1.82) is 0 Å². The molecule has 1 heterocycles. The molecule has 2 N–H and O–H groups in total. The lowest BCUT2D eigenvalue weighted by Gasteiger charge is -2.33. The highest BCUT2D eigenvalue weighted by Crippen LogP contribution is 2.30. The second kappa shape index (κ2) is 8.02. The predicted molar refractivity (Wildman–Crippen MR) is 94.2 cm³/mol. The lowest BCUT2D eigenvalue weighted by Crippen LogP contribution is -2.46. The largest absolute Gasteiger partial charge is 0.481 e. The summed E-state index contributed by atoms with van der Waals surface area (Å²) in [7, 11) is 0. The summed E-state index contributed by atoms with van der Waals surface area (Å²) < 4.78 is 45.0. The van der Waals surface area contributed by atoms with Crippen LogP contribution in [-0.2, 0) is 9.53 Å². The molecule has 0 aliphatic carbocycles. The second-order valence-electron chi connectivity index (χ2n) is 6.71. The van der Waals surface area contributed by atoms with Gasteiger partial charge in [-0.05, 0) is 48.2 Å². The molecular weight excluding hydrogens is 375 g/mol. The van der Waals surface area contributed by atoms with Crippen LogP contribution in [0, 0.1) is 22.9 Å². The van der Waals surface area contributed by atoms with Crippen molar-refractivity contribution in [1.82, 2.24) is 5.32 Å². The van der Waals surface area contributed by atoms with E-state index >= 15 is 0 Å². The molecule has 0 spiro atoms. The van der Waals surface area contributed by atoms with Gasteiger partial charge in [-0.2, -0.15) is 0 Å². The summed E-state index contributed by atoms with van der Waals surface area (Å²) in [5, 5.41) is 12.1. The van der Waals surface area contributed by atoms with Gasteiger partial charge in [0.15, 0.2) is 17.5 Å². The second-order valence-corrected chi connectivity index (χ2v) is 6.71. The third-order valence-electron chi connectivity index (χ3n) is 4.96. The zero-order valence-electron chi connectivity index (χ0n) is 14.8. The number of hydrogen-bond acceptors (Lipinski definition) is 3. The van der Waals surface area contributed by atoms with Crippen molar-refractivity contribution in [3.8, 4) is 11.1 Å². The van der Waals surface area contributed by atoms with Crippen molar-refractivity contribution in [2.45, 2.75) is 12.8 Å². The summed E-state index contributed by atoms with van der Waals surface area (Å²) in [6, 6.07) is 7.58. The molecule has 1 saturated heterocycles. The van der Waals surface area contributed by atoms with E-state index in [1.54, 1.807) is 0 Å². The van der Waals surface area contributed by atoms with Gasteiger partial charge in [0, 0.05) is 25.3 Å². The van der Waals surface area contributed by atoms with Gasteiger partial charge in [-0.3, -0.25) is 9.59 Å². The lowest BCUT2D eigenvalue weighted by molar-refractivity contribution is -0.154. The van der Waals surface area contributed by atoms with E-state index in [1.807, 2.05) is 0 Å². The lowest BCUT2D eigenvalue weighted by atomic mass is 9.80. The number of hydrogen-bond donors (Lipinski definition) is 2. The summed E-state index contributed by atoms with van der Waals surface area (Å²) >= 11 is 0. The van der Waals surface area contributed by atoms with E-state index in [-0.39, 0.29) is 17.7 Å².